The lowest BCUT2D eigenvalue weighted by Gasteiger charge is -2.10. The second kappa shape index (κ2) is 4.34. The van der Waals surface area contributed by atoms with Gasteiger partial charge >= 0.3 is 0 Å². The number of pyridine rings is 1. The Bertz CT molecular complexity index is 971. The minimum Gasteiger partial charge on any atom is -0.262 e. The predicted octanol–water partition coefficient (Wildman–Crippen LogP) is 2.96. The van der Waals surface area contributed by atoms with Crippen molar-refractivity contribution >= 4 is 16.8 Å². The van der Waals surface area contributed by atoms with Crippen LogP contribution in [0.15, 0.2) is 42.9 Å². The minimum atomic E-state index is 0.747. The van der Waals surface area contributed by atoms with Gasteiger partial charge < -0.3 is 0 Å². The average Bonchev–Trinajstić information content (AvgIpc) is 2.98. The Morgan fingerprint density at radius 2 is 1.81 bits per heavy atom. The van der Waals surface area contributed by atoms with E-state index in [-0.39, 0.29) is 0 Å². The van der Waals surface area contributed by atoms with Crippen LogP contribution in [0.3, 0.4) is 0 Å². The molecule has 0 fully saturated rings. The van der Waals surface area contributed by atoms with Gasteiger partial charge in [0.05, 0.1) is 5.69 Å². The van der Waals surface area contributed by atoms with Crippen molar-refractivity contribution in [3.8, 4) is 11.1 Å². The van der Waals surface area contributed by atoms with Crippen molar-refractivity contribution in [2.75, 3.05) is 0 Å². The Morgan fingerprint density at radius 3 is 2.67 bits per heavy atom. The normalized spacial score (nSPS) is 11.3. The number of benzene rings is 1. The molecule has 102 valence electrons. The molecule has 0 aliphatic carbocycles. The second-order valence-corrected chi connectivity index (χ2v) is 5.07. The van der Waals surface area contributed by atoms with E-state index in [2.05, 4.69) is 34.2 Å². The van der Waals surface area contributed by atoms with Crippen molar-refractivity contribution in [2.24, 2.45) is 0 Å². The van der Waals surface area contributed by atoms with Crippen molar-refractivity contribution < 1.29 is 0 Å². The molecule has 0 radical (unpaired) electrons. The van der Waals surface area contributed by atoms with Gasteiger partial charge in [-0.3, -0.25) is 4.40 Å². The van der Waals surface area contributed by atoms with E-state index in [9.17, 15) is 0 Å². The molecule has 0 saturated carbocycles. The second-order valence-electron chi connectivity index (χ2n) is 5.07. The monoisotopic (exact) mass is 275 g/mol. The number of rotatable bonds is 1. The maximum absolute atomic E-state index is 4.71. The molecule has 0 saturated heterocycles. The van der Waals surface area contributed by atoms with Crippen LogP contribution in [0.2, 0.25) is 0 Å². The number of aromatic nitrogens is 5. The standard InChI is InChI=1S/C16H13N5/c1-10-5-3-4-6-12(10)13-7-8-17-16-14(13)19-11(2)15-20-18-9-21(15)16/h3-9H,1-2H3. The van der Waals surface area contributed by atoms with Crippen LogP contribution >= 0.6 is 0 Å². The molecule has 4 aromatic rings. The molecule has 3 aromatic heterocycles. The SMILES string of the molecule is Cc1ccccc1-c1ccnc2c1nc(C)c1nncn12. The fourth-order valence-corrected chi connectivity index (χ4v) is 2.68. The number of fused-ring (bicyclic) bond motifs is 3. The molecule has 0 aliphatic rings. The van der Waals surface area contributed by atoms with Gasteiger partial charge in [-0.1, -0.05) is 24.3 Å². The summed E-state index contributed by atoms with van der Waals surface area (Å²) in [5.74, 6) is 0. The predicted molar refractivity (Wildman–Crippen MR) is 81.0 cm³/mol. The van der Waals surface area contributed by atoms with Gasteiger partial charge in [0.15, 0.2) is 11.3 Å². The summed E-state index contributed by atoms with van der Waals surface area (Å²) < 4.78 is 1.89. The maximum atomic E-state index is 4.71. The molecule has 0 bridgehead atoms. The fraction of sp³-hybridized carbons (Fsp3) is 0.125. The Kier molecular flexibility index (Phi) is 2.47. The first-order valence-corrected chi connectivity index (χ1v) is 6.77. The zero-order valence-electron chi connectivity index (χ0n) is 11.8. The summed E-state index contributed by atoms with van der Waals surface area (Å²) in [4.78, 5) is 9.17. The molecule has 21 heavy (non-hydrogen) atoms. The smallest absolute Gasteiger partial charge is 0.183 e. The van der Waals surface area contributed by atoms with E-state index in [1.165, 1.54) is 11.1 Å². The third-order valence-electron chi connectivity index (χ3n) is 3.72. The first-order chi connectivity index (χ1) is 10.3. The number of hydrogen-bond acceptors (Lipinski definition) is 4. The molecule has 0 unspecified atom stereocenters. The molecular formula is C16H13N5. The van der Waals surface area contributed by atoms with E-state index in [4.69, 9.17) is 4.98 Å². The molecule has 0 aliphatic heterocycles. The Hall–Kier alpha value is -2.82. The van der Waals surface area contributed by atoms with Gasteiger partial charge in [0.25, 0.3) is 0 Å². The molecular weight excluding hydrogens is 262 g/mol. The fourth-order valence-electron chi connectivity index (χ4n) is 2.68. The third kappa shape index (κ3) is 1.71. The molecule has 1 aromatic carbocycles. The van der Waals surface area contributed by atoms with Crippen LogP contribution in [0.4, 0.5) is 0 Å². The van der Waals surface area contributed by atoms with Crippen LogP contribution in [0.5, 0.6) is 0 Å². The van der Waals surface area contributed by atoms with Gasteiger partial charge in [-0.2, -0.15) is 0 Å². The molecule has 0 N–H and O–H groups in total. The lowest BCUT2D eigenvalue weighted by molar-refractivity contribution is 1.10. The van der Waals surface area contributed by atoms with Gasteiger partial charge in [-0.25, -0.2) is 9.97 Å². The van der Waals surface area contributed by atoms with Gasteiger partial charge in [-0.15, -0.1) is 10.2 Å². The first kappa shape index (κ1) is 12.0. The van der Waals surface area contributed by atoms with Crippen LogP contribution in [0.25, 0.3) is 27.9 Å². The Morgan fingerprint density at radius 1 is 0.952 bits per heavy atom. The van der Waals surface area contributed by atoms with Gasteiger partial charge in [0.2, 0.25) is 0 Å². The lowest BCUT2D eigenvalue weighted by Crippen LogP contribution is -1.99. The maximum Gasteiger partial charge on any atom is 0.183 e. The van der Waals surface area contributed by atoms with E-state index in [1.807, 2.05) is 29.5 Å². The van der Waals surface area contributed by atoms with Crippen molar-refractivity contribution in [2.45, 2.75) is 13.8 Å². The highest BCUT2D eigenvalue weighted by molar-refractivity contribution is 5.91. The highest BCUT2D eigenvalue weighted by atomic mass is 15.2. The van der Waals surface area contributed by atoms with E-state index in [1.54, 1.807) is 12.5 Å². The van der Waals surface area contributed by atoms with E-state index >= 15 is 0 Å². The van der Waals surface area contributed by atoms with Crippen molar-refractivity contribution in [3.05, 3.63) is 54.1 Å². The largest absolute Gasteiger partial charge is 0.262 e. The lowest BCUT2D eigenvalue weighted by atomic mass is 10.0. The Balaban J connectivity index is 2.16. The molecule has 5 nitrogen and oxygen atoms in total. The van der Waals surface area contributed by atoms with Crippen LogP contribution in [0, 0.1) is 13.8 Å². The molecule has 5 heteroatoms. The Labute approximate surface area is 121 Å². The van der Waals surface area contributed by atoms with Crippen molar-refractivity contribution in [1.82, 2.24) is 24.6 Å². The summed E-state index contributed by atoms with van der Waals surface area (Å²) in [6, 6.07) is 10.3. The number of aryl methyl sites for hydroxylation is 2. The molecule has 0 atom stereocenters. The van der Waals surface area contributed by atoms with Gasteiger partial charge in [0, 0.05) is 11.8 Å². The van der Waals surface area contributed by atoms with E-state index in [0.29, 0.717) is 0 Å². The van der Waals surface area contributed by atoms with Gasteiger partial charge in [-0.05, 0) is 31.0 Å². The zero-order chi connectivity index (χ0) is 14.4. The summed E-state index contributed by atoms with van der Waals surface area (Å²) >= 11 is 0. The van der Waals surface area contributed by atoms with Crippen LogP contribution in [-0.4, -0.2) is 24.6 Å². The van der Waals surface area contributed by atoms with E-state index in [0.717, 1.165) is 28.1 Å². The summed E-state index contributed by atoms with van der Waals surface area (Å²) in [5, 5.41) is 8.06. The van der Waals surface area contributed by atoms with Crippen molar-refractivity contribution in [3.63, 3.8) is 0 Å². The van der Waals surface area contributed by atoms with Crippen LogP contribution in [0.1, 0.15) is 11.3 Å². The molecule has 0 amide bonds. The summed E-state index contributed by atoms with van der Waals surface area (Å²) in [5.41, 5.74) is 6.71. The topological polar surface area (TPSA) is 56.0 Å². The molecule has 3 heterocycles. The van der Waals surface area contributed by atoms with Crippen molar-refractivity contribution in [1.29, 1.82) is 0 Å². The molecule has 0 spiro atoms. The zero-order valence-corrected chi connectivity index (χ0v) is 11.8. The summed E-state index contributed by atoms with van der Waals surface area (Å²) in [6.45, 7) is 4.05. The van der Waals surface area contributed by atoms with Gasteiger partial charge in [0.1, 0.15) is 11.8 Å². The summed E-state index contributed by atoms with van der Waals surface area (Å²) in [7, 11) is 0. The highest BCUT2D eigenvalue weighted by Gasteiger charge is 2.13. The van der Waals surface area contributed by atoms with E-state index < -0.39 is 0 Å². The van der Waals surface area contributed by atoms with Crippen LogP contribution in [-0.2, 0) is 0 Å². The molecule has 4 rings (SSSR count). The number of nitrogens with zero attached hydrogens (tertiary/aromatic N) is 5. The summed E-state index contributed by atoms with van der Waals surface area (Å²) in [6.07, 6.45) is 3.49. The van der Waals surface area contributed by atoms with Crippen LogP contribution < -0.4 is 0 Å². The third-order valence-corrected chi connectivity index (χ3v) is 3.72. The number of hydrogen-bond donors (Lipinski definition) is 0. The average molecular weight is 275 g/mol. The highest BCUT2D eigenvalue weighted by Crippen LogP contribution is 2.29. The quantitative estimate of drug-likeness (QED) is 0.536. The minimum absolute atomic E-state index is 0.747. The first-order valence-electron chi connectivity index (χ1n) is 6.77.